The molecule has 2 rings (SSSR count). The molecule has 0 bridgehead atoms. The second-order valence-electron chi connectivity index (χ2n) is 4.09. The molecule has 1 heterocycles. The van der Waals surface area contributed by atoms with Crippen LogP contribution in [0.25, 0.3) is 0 Å². The lowest BCUT2D eigenvalue weighted by atomic mass is 10.1. The third-order valence-electron chi connectivity index (χ3n) is 2.62. The summed E-state index contributed by atoms with van der Waals surface area (Å²) in [4.78, 5) is 4.02. The van der Waals surface area contributed by atoms with E-state index in [2.05, 4.69) is 9.73 Å². The van der Waals surface area contributed by atoms with Crippen LogP contribution in [0.4, 0.5) is 17.6 Å². The Balaban J connectivity index is 2.01. The lowest BCUT2D eigenvalue weighted by Gasteiger charge is -2.11. The smallest absolute Gasteiger partial charge is 0.481 e. The molecule has 1 aliphatic rings. The normalized spacial score (nSPS) is 18.4. The maximum absolute atomic E-state index is 13.2. The minimum absolute atomic E-state index is 0.00274. The molecular weight excluding hydrogens is 266 g/mol. The molecule has 104 valence electrons. The van der Waals surface area contributed by atoms with Crippen LogP contribution in [0.3, 0.4) is 0 Å². The first-order chi connectivity index (χ1) is 8.94. The maximum Gasteiger partial charge on any atom is 0.573 e. The molecule has 1 aliphatic heterocycles. The molecule has 1 atom stereocenters. The molecule has 7 heteroatoms. The van der Waals surface area contributed by atoms with Gasteiger partial charge in [-0.25, -0.2) is 4.39 Å². The third-order valence-corrected chi connectivity index (χ3v) is 2.62. The molecule has 0 saturated heterocycles. The van der Waals surface area contributed by atoms with Gasteiger partial charge in [0, 0.05) is 0 Å². The van der Waals surface area contributed by atoms with E-state index in [-0.39, 0.29) is 6.04 Å². The first-order valence-electron chi connectivity index (χ1n) is 5.61. The second kappa shape index (κ2) is 5.46. The van der Waals surface area contributed by atoms with Gasteiger partial charge in [0.1, 0.15) is 6.61 Å². The number of halogens is 4. The summed E-state index contributed by atoms with van der Waals surface area (Å²) in [6.07, 6.45) is -2.45. The monoisotopic (exact) mass is 277 g/mol. The van der Waals surface area contributed by atoms with Crippen molar-refractivity contribution < 1.29 is 27.0 Å². The van der Waals surface area contributed by atoms with E-state index in [1.165, 1.54) is 12.5 Å². The Morgan fingerprint density at radius 1 is 1.37 bits per heavy atom. The Labute approximate surface area is 106 Å². The van der Waals surface area contributed by atoms with E-state index >= 15 is 0 Å². The van der Waals surface area contributed by atoms with Gasteiger partial charge in [0.05, 0.1) is 6.04 Å². The van der Waals surface area contributed by atoms with Crippen molar-refractivity contribution in [2.75, 3.05) is 6.61 Å². The Hall–Kier alpha value is -1.79. The van der Waals surface area contributed by atoms with Crippen LogP contribution in [0.15, 0.2) is 23.2 Å². The summed E-state index contributed by atoms with van der Waals surface area (Å²) in [5.74, 6) is -1.85. The number of nitrogens with zero attached hydrogens (tertiary/aromatic N) is 1. The predicted octanol–water partition coefficient (Wildman–Crippen LogP) is 3.08. The zero-order chi connectivity index (χ0) is 13.9. The number of hydrogen-bond acceptors (Lipinski definition) is 3. The fourth-order valence-electron chi connectivity index (χ4n) is 1.72. The molecule has 19 heavy (non-hydrogen) atoms. The fraction of sp³-hybridized carbons (Fsp3) is 0.417. The molecule has 0 aromatic heterocycles. The lowest BCUT2D eigenvalue weighted by molar-refractivity contribution is -0.275. The van der Waals surface area contributed by atoms with Crippen molar-refractivity contribution in [3.63, 3.8) is 0 Å². The van der Waals surface area contributed by atoms with Crippen molar-refractivity contribution in [3.8, 4) is 5.75 Å². The van der Waals surface area contributed by atoms with Gasteiger partial charge in [0.15, 0.2) is 18.0 Å². The highest BCUT2D eigenvalue weighted by Crippen LogP contribution is 2.27. The maximum atomic E-state index is 13.2. The zero-order valence-electron chi connectivity index (χ0n) is 9.78. The van der Waals surface area contributed by atoms with Gasteiger partial charge in [-0.3, -0.25) is 4.99 Å². The number of benzene rings is 1. The van der Waals surface area contributed by atoms with E-state index < -0.39 is 17.9 Å². The van der Waals surface area contributed by atoms with Crippen LogP contribution < -0.4 is 4.74 Å². The standard InChI is InChI=1S/C12H11F4NO2/c13-10-4-2-8(1-3-9-6-18-7-17-9)5-11(10)19-12(14,15)16/h2,4-5,7,9H,1,3,6H2. The average Bonchev–Trinajstić information content (AvgIpc) is 2.81. The Bertz CT molecular complexity index is 473. The molecule has 0 fully saturated rings. The van der Waals surface area contributed by atoms with Crippen molar-refractivity contribution in [1.29, 1.82) is 0 Å². The summed E-state index contributed by atoms with van der Waals surface area (Å²) in [5, 5.41) is 0. The summed E-state index contributed by atoms with van der Waals surface area (Å²) < 4.78 is 57.9. The highest BCUT2D eigenvalue weighted by molar-refractivity contribution is 5.48. The van der Waals surface area contributed by atoms with E-state index in [1.54, 1.807) is 0 Å². The van der Waals surface area contributed by atoms with Crippen molar-refractivity contribution in [2.45, 2.75) is 25.2 Å². The predicted molar refractivity (Wildman–Crippen MR) is 59.6 cm³/mol. The SMILES string of the molecule is Fc1ccc(CCC2COC=N2)cc1OC(F)(F)F. The van der Waals surface area contributed by atoms with Crippen LogP contribution in [0.1, 0.15) is 12.0 Å². The van der Waals surface area contributed by atoms with Crippen LogP contribution >= 0.6 is 0 Å². The first-order valence-corrected chi connectivity index (χ1v) is 5.61. The van der Waals surface area contributed by atoms with E-state index in [1.807, 2.05) is 0 Å². The summed E-state index contributed by atoms with van der Waals surface area (Å²) in [7, 11) is 0. The zero-order valence-corrected chi connectivity index (χ0v) is 9.78. The Morgan fingerprint density at radius 2 is 2.16 bits per heavy atom. The molecule has 0 N–H and O–H groups in total. The Kier molecular flexibility index (Phi) is 3.92. The Morgan fingerprint density at radius 3 is 2.79 bits per heavy atom. The summed E-state index contributed by atoms with van der Waals surface area (Å²) in [6.45, 7) is 0.465. The fourth-order valence-corrected chi connectivity index (χ4v) is 1.72. The van der Waals surface area contributed by atoms with Gasteiger partial charge in [-0.05, 0) is 30.5 Å². The van der Waals surface area contributed by atoms with Crippen LogP contribution in [-0.4, -0.2) is 25.4 Å². The molecule has 0 spiro atoms. The van der Waals surface area contributed by atoms with Crippen LogP contribution in [-0.2, 0) is 11.2 Å². The molecule has 0 amide bonds. The number of aryl methyl sites for hydroxylation is 1. The lowest BCUT2D eigenvalue weighted by Crippen LogP contribution is -2.18. The molecule has 0 radical (unpaired) electrons. The van der Waals surface area contributed by atoms with E-state index in [4.69, 9.17) is 4.74 Å². The molecule has 0 saturated carbocycles. The molecule has 0 aliphatic carbocycles. The van der Waals surface area contributed by atoms with Crippen LogP contribution in [0, 0.1) is 5.82 Å². The highest BCUT2D eigenvalue weighted by atomic mass is 19.4. The van der Waals surface area contributed by atoms with Gasteiger partial charge in [-0.1, -0.05) is 6.07 Å². The van der Waals surface area contributed by atoms with Crippen molar-refractivity contribution in [2.24, 2.45) is 4.99 Å². The van der Waals surface area contributed by atoms with Crippen molar-refractivity contribution >= 4 is 6.40 Å². The number of hydrogen-bond donors (Lipinski definition) is 0. The van der Waals surface area contributed by atoms with Crippen LogP contribution in [0.5, 0.6) is 5.75 Å². The molecule has 3 nitrogen and oxygen atoms in total. The van der Waals surface area contributed by atoms with E-state index in [9.17, 15) is 17.6 Å². The quantitative estimate of drug-likeness (QED) is 0.792. The highest BCUT2D eigenvalue weighted by Gasteiger charge is 2.32. The van der Waals surface area contributed by atoms with Crippen LogP contribution in [0.2, 0.25) is 0 Å². The topological polar surface area (TPSA) is 30.8 Å². The van der Waals surface area contributed by atoms with E-state index in [0.29, 0.717) is 25.0 Å². The van der Waals surface area contributed by atoms with Gasteiger partial charge >= 0.3 is 6.36 Å². The summed E-state index contributed by atoms with van der Waals surface area (Å²) in [6, 6.07) is 3.45. The second-order valence-corrected chi connectivity index (χ2v) is 4.09. The van der Waals surface area contributed by atoms with Gasteiger partial charge in [0.25, 0.3) is 0 Å². The molecule has 1 aromatic carbocycles. The number of ether oxygens (including phenoxy) is 2. The van der Waals surface area contributed by atoms with E-state index in [0.717, 1.165) is 12.1 Å². The molecule has 1 unspecified atom stereocenters. The largest absolute Gasteiger partial charge is 0.573 e. The summed E-state index contributed by atoms with van der Waals surface area (Å²) in [5.41, 5.74) is 0.558. The average molecular weight is 277 g/mol. The van der Waals surface area contributed by atoms with Gasteiger partial charge < -0.3 is 9.47 Å². The molecule has 1 aromatic rings. The van der Waals surface area contributed by atoms with Gasteiger partial charge in [-0.2, -0.15) is 0 Å². The van der Waals surface area contributed by atoms with Crippen molar-refractivity contribution in [3.05, 3.63) is 29.6 Å². The van der Waals surface area contributed by atoms with Crippen molar-refractivity contribution in [1.82, 2.24) is 0 Å². The first kappa shape index (κ1) is 13.6. The minimum atomic E-state index is -4.90. The van der Waals surface area contributed by atoms with Gasteiger partial charge in [0.2, 0.25) is 0 Å². The summed E-state index contributed by atoms with van der Waals surface area (Å²) >= 11 is 0. The minimum Gasteiger partial charge on any atom is -0.481 e. The number of rotatable bonds is 4. The van der Waals surface area contributed by atoms with Gasteiger partial charge in [-0.15, -0.1) is 13.2 Å². The third kappa shape index (κ3) is 4.11. The number of alkyl halides is 3. The number of aliphatic imine (C=N–C) groups is 1. The molecular formula is C12H11F4NO2.